The van der Waals surface area contributed by atoms with Crippen LogP contribution in [-0.4, -0.2) is 34.4 Å². The van der Waals surface area contributed by atoms with Crippen LogP contribution >= 0.6 is 0 Å². The van der Waals surface area contributed by atoms with Gasteiger partial charge in [-0.05, 0) is 50.0 Å². The Morgan fingerprint density at radius 2 is 2.40 bits per heavy atom. The third-order valence-corrected chi connectivity index (χ3v) is 3.61. The molecule has 1 saturated heterocycles. The van der Waals surface area contributed by atoms with E-state index in [-0.39, 0.29) is 5.82 Å². The second kappa shape index (κ2) is 6.00. The Morgan fingerprint density at radius 3 is 3.10 bits per heavy atom. The van der Waals surface area contributed by atoms with Gasteiger partial charge in [0.1, 0.15) is 18.3 Å². The Morgan fingerprint density at radius 1 is 1.45 bits per heavy atom. The minimum Gasteiger partial charge on any atom is -0.385 e. The summed E-state index contributed by atoms with van der Waals surface area (Å²) in [4.78, 5) is 3.82. The lowest BCUT2D eigenvalue weighted by molar-refractivity contribution is 0.393. The normalized spacial score (nSPS) is 18.9. The van der Waals surface area contributed by atoms with Gasteiger partial charge in [0.2, 0.25) is 0 Å². The molecule has 1 aliphatic rings. The van der Waals surface area contributed by atoms with Crippen molar-refractivity contribution in [2.75, 3.05) is 25.0 Å². The number of benzene rings is 1. The zero-order chi connectivity index (χ0) is 13.8. The summed E-state index contributed by atoms with van der Waals surface area (Å²) in [6, 6.07) is 5.09. The van der Waals surface area contributed by atoms with Crippen LogP contribution in [0, 0.1) is 11.7 Å². The first-order valence-electron chi connectivity index (χ1n) is 6.92. The van der Waals surface area contributed by atoms with Crippen LogP contribution in [0.5, 0.6) is 0 Å². The van der Waals surface area contributed by atoms with Crippen LogP contribution in [-0.2, 0) is 0 Å². The minimum absolute atomic E-state index is 0.303. The molecule has 2 aromatic rings. The van der Waals surface area contributed by atoms with Crippen molar-refractivity contribution in [3.63, 3.8) is 0 Å². The predicted octanol–water partition coefficient (Wildman–Crippen LogP) is 1.82. The Labute approximate surface area is 117 Å². The second-order valence-corrected chi connectivity index (χ2v) is 5.10. The molecular weight excluding hydrogens is 257 g/mol. The van der Waals surface area contributed by atoms with Gasteiger partial charge in [0.25, 0.3) is 0 Å². The van der Waals surface area contributed by atoms with E-state index in [4.69, 9.17) is 0 Å². The van der Waals surface area contributed by atoms with Crippen LogP contribution in [0.15, 0.2) is 30.9 Å². The maximum atomic E-state index is 14.0. The number of hydrogen-bond acceptors (Lipinski definition) is 4. The topological polar surface area (TPSA) is 54.8 Å². The number of nitrogens with zero attached hydrogens (tertiary/aromatic N) is 3. The van der Waals surface area contributed by atoms with Crippen molar-refractivity contribution in [1.82, 2.24) is 20.1 Å². The van der Waals surface area contributed by atoms with Crippen molar-refractivity contribution >= 4 is 5.69 Å². The number of aromatic nitrogens is 3. The summed E-state index contributed by atoms with van der Waals surface area (Å²) in [5.74, 6) is 0.309. The van der Waals surface area contributed by atoms with Crippen LogP contribution < -0.4 is 10.6 Å². The summed E-state index contributed by atoms with van der Waals surface area (Å²) in [5, 5.41) is 10.6. The van der Waals surface area contributed by atoms with Gasteiger partial charge in [0, 0.05) is 12.2 Å². The van der Waals surface area contributed by atoms with Crippen molar-refractivity contribution in [1.29, 1.82) is 0 Å². The van der Waals surface area contributed by atoms with Crippen molar-refractivity contribution in [3.8, 4) is 5.69 Å². The summed E-state index contributed by atoms with van der Waals surface area (Å²) in [7, 11) is 0. The van der Waals surface area contributed by atoms with Gasteiger partial charge in [-0.1, -0.05) is 0 Å². The zero-order valence-corrected chi connectivity index (χ0v) is 11.2. The highest BCUT2D eigenvalue weighted by atomic mass is 19.1. The van der Waals surface area contributed by atoms with Gasteiger partial charge in [-0.15, -0.1) is 0 Å². The third kappa shape index (κ3) is 2.96. The fourth-order valence-electron chi connectivity index (χ4n) is 2.50. The molecule has 2 N–H and O–H groups in total. The smallest absolute Gasteiger partial charge is 0.150 e. The molecule has 0 radical (unpaired) electrons. The fourth-order valence-corrected chi connectivity index (χ4v) is 2.50. The van der Waals surface area contributed by atoms with Crippen LogP contribution in [0.2, 0.25) is 0 Å². The summed E-state index contributed by atoms with van der Waals surface area (Å²) < 4.78 is 15.5. The SMILES string of the molecule is Fc1cc(NCC2CCCNC2)ccc1-n1cncn1. The van der Waals surface area contributed by atoms with Crippen LogP contribution in [0.4, 0.5) is 10.1 Å². The molecule has 0 aliphatic carbocycles. The van der Waals surface area contributed by atoms with E-state index in [1.54, 1.807) is 6.07 Å². The quantitative estimate of drug-likeness (QED) is 0.893. The largest absolute Gasteiger partial charge is 0.385 e. The summed E-state index contributed by atoms with van der Waals surface area (Å²) in [6.45, 7) is 3.01. The monoisotopic (exact) mass is 275 g/mol. The molecule has 1 aromatic heterocycles. The maximum absolute atomic E-state index is 14.0. The Hall–Kier alpha value is -1.95. The molecule has 0 bridgehead atoms. The lowest BCUT2D eigenvalue weighted by atomic mass is 10.00. The molecule has 0 amide bonds. The average molecular weight is 275 g/mol. The number of nitrogens with one attached hydrogen (secondary N) is 2. The van der Waals surface area contributed by atoms with Gasteiger partial charge >= 0.3 is 0 Å². The molecule has 1 atom stereocenters. The van der Waals surface area contributed by atoms with Gasteiger partial charge < -0.3 is 10.6 Å². The van der Waals surface area contributed by atoms with E-state index in [2.05, 4.69) is 20.7 Å². The molecule has 1 aromatic carbocycles. The van der Waals surface area contributed by atoms with Gasteiger partial charge in [-0.25, -0.2) is 14.1 Å². The summed E-state index contributed by atoms with van der Waals surface area (Å²) in [6.07, 6.45) is 5.31. The van der Waals surface area contributed by atoms with E-state index in [9.17, 15) is 4.39 Å². The molecule has 0 spiro atoms. The molecule has 2 heterocycles. The highest BCUT2D eigenvalue weighted by Crippen LogP contribution is 2.18. The molecule has 0 saturated carbocycles. The highest BCUT2D eigenvalue weighted by Gasteiger charge is 2.13. The first-order chi connectivity index (χ1) is 9.83. The van der Waals surface area contributed by atoms with Crippen molar-refractivity contribution in [2.24, 2.45) is 5.92 Å². The lowest BCUT2D eigenvalue weighted by Crippen LogP contribution is -2.33. The molecule has 106 valence electrons. The zero-order valence-electron chi connectivity index (χ0n) is 11.2. The van der Waals surface area contributed by atoms with E-state index in [1.165, 1.54) is 36.2 Å². The van der Waals surface area contributed by atoms with Crippen molar-refractivity contribution < 1.29 is 4.39 Å². The lowest BCUT2D eigenvalue weighted by Gasteiger charge is -2.23. The van der Waals surface area contributed by atoms with Crippen molar-refractivity contribution in [2.45, 2.75) is 12.8 Å². The summed E-state index contributed by atoms with van der Waals surface area (Å²) in [5.41, 5.74) is 1.21. The maximum Gasteiger partial charge on any atom is 0.150 e. The number of anilines is 1. The van der Waals surface area contributed by atoms with Crippen LogP contribution in [0.25, 0.3) is 5.69 Å². The predicted molar refractivity (Wildman–Crippen MR) is 75.4 cm³/mol. The number of hydrogen-bond donors (Lipinski definition) is 2. The van der Waals surface area contributed by atoms with Crippen LogP contribution in [0.3, 0.4) is 0 Å². The van der Waals surface area contributed by atoms with E-state index in [0.29, 0.717) is 11.6 Å². The third-order valence-electron chi connectivity index (χ3n) is 3.61. The standard InChI is InChI=1S/C14H18FN5/c15-13-6-12(18-8-11-2-1-5-16-7-11)3-4-14(13)20-10-17-9-19-20/h3-4,6,9-11,16,18H,1-2,5,7-8H2. The second-order valence-electron chi connectivity index (χ2n) is 5.10. The molecule has 1 aliphatic heterocycles. The van der Waals surface area contributed by atoms with E-state index in [0.717, 1.165) is 25.3 Å². The van der Waals surface area contributed by atoms with Crippen molar-refractivity contribution in [3.05, 3.63) is 36.7 Å². The fraction of sp³-hybridized carbons (Fsp3) is 0.429. The van der Waals surface area contributed by atoms with Crippen LogP contribution in [0.1, 0.15) is 12.8 Å². The van der Waals surface area contributed by atoms with Gasteiger partial charge in [-0.2, -0.15) is 5.10 Å². The number of piperidine rings is 1. The molecule has 1 fully saturated rings. The molecular formula is C14H18FN5. The Kier molecular flexibility index (Phi) is 3.92. The highest BCUT2D eigenvalue weighted by molar-refractivity contribution is 5.49. The molecule has 1 unspecified atom stereocenters. The van der Waals surface area contributed by atoms with E-state index < -0.39 is 0 Å². The molecule has 5 nitrogen and oxygen atoms in total. The molecule has 6 heteroatoms. The average Bonchev–Trinajstić information content (AvgIpc) is 3.00. The first-order valence-corrected chi connectivity index (χ1v) is 6.92. The first kappa shape index (κ1) is 13.1. The summed E-state index contributed by atoms with van der Waals surface area (Å²) >= 11 is 0. The van der Waals surface area contributed by atoms with Gasteiger partial charge in [0.05, 0.1) is 0 Å². The van der Waals surface area contributed by atoms with Gasteiger partial charge in [0.15, 0.2) is 5.82 Å². The Bertz CT molecular complexity index is 549. The van der Waals surface area contributed by atoms with E-state index in [1.807, 2.05) is 6.07 Å². The number of rotatable bonds is 4. The number of halogens is 1. The molecule has 20 heavy (non-hydrogen) atoms. The van der Waals surface area contributed by atoms with E-state index >= 15 is 0 Å². The van der Waals surface area contributed by atoms with Gasteiger partial charge in [-0.3, -0.25) is 0 Å². The minimum atomic E-state index is -0.303. The Balaban J connectivity index is 1.64. The molecule has 3 rings (SSSR count).